The van der Waals surface area contributed by atoms with Crippen LogP contribution >= 0.6 is 23.1 Å². The molecule has 3 heterocycles. The van der Waals surface area contributed by atoms with Crippen LogP contribution < -0.4 is 0 Å². The number of para-hydroxylation sites is 1. The minimum absolute atomic E-state index is 0.884. The molecule has 0 aliphatic rings. The van der Waals surface area contributed by atoms with E-state index in [9.17, 15) is 0 Å². The smallest absolute Gasteiger partial charge is 0.165 e. The third kappa shape index (κ3) is 3.13. The number of hydrogen-bond acceptors (Lipinski definition) is 4. The molecule has 3 nitrogen and oxygen atoms in total. The maximum absolute atomic E-state index is 5.10. The molecule has 3 aromatic heterocycles. The second kappa shape index (κ2) is 7.93. The Labute approximate surface area is 194 Å². The van der Waals surface area contributed by atoms with Gasteiger partial charge in [-0.25, -0.2) is 9.67 Å². The summed E-state index contributed by atoms with van der Waals surface area (Å²) >= 11 is 3.37. The number of benzene rings is 3. The highest BCUT2D eigenvalue weighted by Gasteiger charge is 2.21. The Morgan fingerprint density at radius 3 is 2.44 bits per heavy atom. The number of thioether (sulfide) groups is 1. The molecule has 6 rings (SSSR count). The highest BCUT2D eigenvalue weighted by molar-refractivity contribution is 7.98. The van der Waals surface area contributed by atoms with Gasteiger partial charge in [0.05, 0.1) is 21.0 Å². The van der Waals surface area contributed by atoms with E-state index in [-0.39, 0.29) is 0 Å². The molecule has 0 amide bonds. The second-order valence-electron chi connectivity index (χ2n) is 7.51. The standard InChI is InChI=1S/C27H19N3S2/c1-31-24-17-22(21-14-7-10-18-9-5-6-13-20(18)21)25-26(23-15-8-16-32-23)29-30(27(25)28-24)19-11-3-2-4-12-19/h2-17H,1H3. The van der Waals surface area contributed by atoms with Gasteiger partial charge in [0.1, 0.15) is 5.69 Å². The van der Waals surface area contributed by atoms with E-state index in [1.165, 1.54) is 21.9 Å². The quantitative estimate of drug-likeness (QED) is 0.258. The molecule has 5 heteroatoms. The van der Waals surface area contributed by atoms with Gasteiger partial charge in [-0.15, -0.1) is 23.1 Å². The molecule has 32 heavy (non-hydrogen) atoms. The van der Waals surface area contributed by atoms with E-state index in [2.05, 4.69) is 84.4 Å². The number of thiophene rings is 1. The minimum Gasteiger partial charge on any atom is -0.222 e. The summed E-state index contributed by atoms with van der Waals surface area (Å²) in [5, 5.41) is 11.7. The van der Waals surface area contributed by atoms with Crippen molar-refractivity contribution in [3.63, 3.8) is 0 Å². The molecule has 0 radical (unpaired) electrons. The Bertz CT molecular complexity index is 1550. The fourth-order valence-electron chi connectivity index (χ4n) is 4.20. The molecule has 154 valence electrons. The Hall–Kier alpha value is -3.41. The van der Waals surface area contributed by atoms with Gasteiger partial charge in [-0.2, -0.15) is 5.10 Å². The first kappa shape index (κ1) is 19.3. The fraction of sp³-hybridized carbons (Fsp3) is 0.0370. The van der Waals surface area contributed by atoms with Crippen LogP contribution in [0.5, 0.6) is 0 Å². The molecule has 0 unspecified atom stereocenters. The van der Waals surface area contributed by atoms with Gasteiger partial charge in [-0.1, -0.05) is 66.7 Å². The number of rotatable bonds is 4. The van der Waals surface area contributed by atoms with E-state index in [1.807, 2.05) is 22.9 Å². The van der Waals surface area contributed by atoms with Gasteiger partial charge in [-0.05, 0) is 57.8 Å². The van der Waals surface area contributed by atoms with Gasteiger partial charge < -0.3 is 0 Å². The van der Waals surface area contributed by atoms with Crippen molar-refractivity contribution in [3.8, 4) is 27.4 Å². The number of pyridine rings is 1. The molecule has 0 N–H and O–H groups in total. The van der Waals surface area contributed by atoms with Crippen molar-refractivity contribution in [1.29, 1.82) is 0 Å². The summed E-state index contributed by atoms with van der Waals surface area (Å²) in [6, 6.07) is 31.8. The maximum atomic E-state index is 5.10. The normalized spacial score (nSPS) is 11.4. The lowest BCUT2D eigenvalue weighted by Gasteiger charge is -2.11. The molecule has 0 aliphatic carbocycles. The van der Waals surface area contributed by atoms with Crippen LogP contribution in [0, 0.1) is 0 Å². The van der Waals surface area contributed by atoms with Gasteiger partial charge in [0, 0.05) is 0 Å². The van der Waals surface area contributed by atoms with Crippen LogP contribution in [0.15, 0.2) is 101 Å². The molecule has 6 aromatic rings. The molecular formula is C27H19N3S2. The Kier molecular flexibility index (Phi) is 4.78. The summed E-state index contributed by atoms with van der Waals surface area (Å²) < 4.78 is 1.98. The van der Waals surface area contributed by atoms with E-state index < -0.39 is 0 Å². The Morgan fingerprint density at radius 1 is 0.812 bits per heavy atom. The number of nitrogens with zero attached hydrogens (tertiary/aromatic N) is 3. The predicted octanol–water partition coefficient (Wildman–Crippen LogP) is 7.69. The van der Waals surface area contributed by atoms with Gasteiger partial charge in [0.2, 0.25) is 0 Å². The topological polar surface area (TPSA) is 30.7 Å². The average molecular weight is 450 g/mol. The first-order valence-corrected chi connectivity index (χ1v) is 12.5. The van der Waals surface area contributed by atoms with E-state index >= 15 is 0 Å². The third-order valence-corrected chi connectivity index (χ3v) is 7.16. The van der Waals surface area contributed by atoms with Gasteiger partial charge in [0.25, 0.3) is 0 Å². The van der Waals surface area contributed by atoms with Crippen molar-refractivity contribution in [2.24, 2.45) is 0 Å². The first-order chi connectivity index (χ1) is 15.8. The van der Waals surface area contributed by atoms with Crippen molar-refractivity contribution >= 4 is 44.9 Å². The molecule has 0 spiro atoms. The van der Waals surface area contributed by atoms with E-state index in [0.29, 0.717) is 0 Å². The summed E-state index contributed by atoms with van der Waals surface area (Å²) in [5.41, 5.74) is 5.24. The first-order valence-electron chi connectivity index (χ1n) is 10.4. The van der Waals surface area contributed by atoms with Crippen LogP contribution in [0.1, 0.15) is 0 Å². The minimum atomic E-state index is 0.884. The fourth-order valence-corrected chi connectivity index (χ4v) is 5.33. The lowest BCUT2D eigenvalue weighted by Crippen LogP contribution is -1.98. The van der Waals surface area contributed by atoms with Crippen molar-refractivity contribution in [2.45, 2.75) is 5.03 Å². The van der Waals surface area contributed by atoms with E-state index in [4.69, 9.17) is 10.1 Å². The van der Waals surface area contributed by atoms with Crippen LogP contribution in [0.3, 0.4) is 0 Å². The largest absolute Gasteiger partial charge is 0.222 e. The second-order valence-corrected chi connectivity index (χ2v) is 9.28. The molecule has 0 saturated carbocycles. The molecule has 0 bridgehead atoms. The molecule has 0 saturated heterocycles. The van der Waals surface area contributed by atoms with Gasteiger partial charge in [0.15, 0.2) is 5.65 Å². The summed E-state index contributed by atoms with van der Waals surface area (Å²) in [4.78, 5) is 6.18. The number of aromatic nitrogens is 3. The van der Waals surface area contributed by atoms with Crippen LogP contribution in [0.25, 0.3) is 49.2 Å². The highest BCUT2D eigenvalue weighted by Crippen LogP contribution is 2.41. The zero-order chi connectivity index (χ0) is 21.5. The van der Waals surface area contributed by atoms with Gasteiger partial charge >= 0.3 is 0 Å². The van der Waals surface area contributed by atoms with Crippen molar-refractivity contribution in [3.05, 3.63) is 96.4 Å². The number of fused-ring (bicyclic) bond motifs is 2. The SMILES string of the molecule is CSc1cc(-c2cccc3ccccc23)c2c(-c3cccs3)nn(-c3ccccc3)c2n1. The lowest BCUT2D eigenvalue weighted by molar-refractivity contribution is 0.894. The molecular weight excluding hydrogens is 430 g/mol. The average Bonchev–Trinajstić information content (AvgIpc) is 3.52. The van der Waals surface area contributed by atoms with Crippen molar-refractivity contribution < 1.29 is 0 Å². The maximum Gasteiger partial charge on any atom is 0.165 e. The van der Waals surface area contributed by atoms with Crippen LogP contribution in [0.4, 0.5) is 0 Å². The zero-order valence-corrected chi connectivity index (χ0v) is 19.0. The summed E-state index contributed by atoms with van der Waals surface area (Å²) in [6.07, 6.45) is 2.07. The number of hydrogen-bond donors (Lipinski definition) is 0. The van der Waals surface area contributed by atoms with Gasteiger partial charge in [-0.3, -0.25) is 0 Å². The molecule has 0 atom stereocenters. The highest BCUT2D eigenvalue weighted by atomic mass is 32.2. The van der Waals surface area contributed by atoms with Crippen LogP contribution in [-0.4, -0.2) is 21.0 Å². The predicted molar refractivity (Wildman–Crippen MR) is 137 cm³/mol. The molecule has 0 fully saturated rings. The van der Waals surface area contributed by atoms with Crippen LogP contribution in [0.2, 0.25) is 0 Å². The van der Waals surface area contributed by atoms with E-state index in [1.54, 1.807) is 23.1 Å². The lowest BCUT2D eigenvalue weighted by atomic mass is 9.96. The summed E-state index contributed by atoms with van der Waals surface area (Å²) in [5.74, 6) is 0. The summed E-state index contributed by atoms with van der Waals surface area (Å²) in [7, 11) is 0. The Balaban J connectivity index is 1.77. The monoisotopic (exact) mass is 449 g/mol. The van der Waals surface area contributed by atoms with Crippen molar-refractivity contribution in [1.82, 2.24) is 14.8 Å². The third-order valence-electron chi connectivity index (χ3n) is 5.66. The molecule has 3 aromatic carbocycles. The van der Waals surface area contributed by atoms with E-state index in [0.717, 1.165) is 32.3 Å². The molecule has 0 aliphatic heterocycles. The summed E-state index contributed by atoms with van der Waals surface area (Å²) in [6.45, 7) is 0. The Morgan fingerprint density at radius 2 is 1.62 bits per heavy atom. The van der Waals surface area contributed by atoms with Crippen molar-refractivity contribution in [2.75, 3.05) is 6.26 Å². The zero-order valence-electron chi connectivity index (χ0n) is 17.4. The van der Waals surface area contributed by atoms with Crippen LogP contribution in [-0.2, 0) is 0 Å².